The van der Waals surface area contributed by atoms with Crippen molar-refractivity contribution in [3.63, 3.8) is 0 Å². The number of phenolic OH excluding ortho intramolecular Hbond substituents is 1. The lowest BCUT2D eigenvalue weighted by Crippen LogP contribution is -2.50. The predicted octanol–water partition coefficient (Wildman–Crippen LogP) is 3.18. The van der Waals surface area contributed by atoms with E-state index in [2.05, 4.69) is 0 Å². The van der Waals surface area contributed by atoms with Crippen LogP contribution in [-0.4, -0.2) is 45.7 Å². The average molecular weight is 430 g/mol. The van der Waals surface area contributed by atoms with Crippen LogP contribution in [0.5, 0.6) is 5.75 Å². The molecule has 2 aliphatic carbocycles. The van der Waals surface area contributed by atoms with E-state index in [4.69, 9.17) is 9.47 Å². The van der Waals surface area contributed by atoms with Gasteiger partial charge in [-0.1, -0.05) is 20.8 Å². The zero-order valence-electron chi connectivity index (χ0n) is 18.5. The summed E-state index contributed by atoms with van der Waals surface area (Å²) < 4.78 is 11.4. The van der Waals surface area contributed by atoms with Crippen LogP contribution in [0.4, 0.5) is 0 Å². The summed E-state index contributed by atoms with van der Waals surface area (Å²) in [4.78, 5) is 37.5. The Hall–Kier alpha value is -2.67. The molecule has 168 valence electrons. The number of allylic oxidation sites excluding steroid dienone is 1. The van der Waals surface area contributed by atoms with E-state index in [1.807, 2.05) is 20.8 Å². The third kappa shape index (κ3) is 4.11. The van der Waals surface area contributed by atoms with E-state index in [0.29, 0.717) is 5.57 Å². The van der Waals surface area contributed by atoms with Crippen LogP contribution in [0.2, 0.25) is 0 Å². The SMILES string of the molecule is CC(=O)O[C@@H]1C[C@](O)(C(C)C)[C@@H]2[C@H](OC(=O)c3ccc(O)cc3)C=C(C)C(=O)C[C@@]21C. The van der Waals surface area contributed by atoms with Crippen molar-refractivity contribution < 1.29 is 34.1 Å². The fourth-order valence-electron chi connectivity index (χ4n) is 5.10. The molecule has 1 saturated carbocycles. The van der Waals surface area contributed by atoms with Crippen molar-refractivity contribution in [1.82, 2.24) is 0 Å². The fraction of sp³-hybridized carbons (Fsp3) is 0.542. The second kappa shape index (κ2) is 8.11. The number of hydrogen-bond acceptors (Lipinski definition) is 7. The highest BCUT2D eigenvalue weighted by molar-refractivity contribution is 5.96. The zero-order valence-corrected chi connectivity index (χ0v) is 18.5. The molecule has 1 aromatic rings. The second-order valence-electron chi connectivity index (χ2n) is 9.30. The first kappa shape index (κ1) is 23.0. The number of aromatic hydroxyl groups is 1. The lowest BCUT2D eigenvalue weighted by molar-refractivity contribution is -0.154. The number of phenols is 1. The fourth-order valence-corrected chi connectivity index (χ4v) is 5.10. The Balaban J connectivity index is 2.07. The Morgan fingerprint density at radius 2 is 1.77 bits per heavy atom. The van der Waals surface area contributed by atoms with Gasteiger partial charge >= 0.3 is 11.9 Å². The third-order valence-corrected chi connectivity index (χ3v) is 6.88. The molecule has 0 aromatic heterocycles. The van der Waals surface area contributed by atoms with Crippen molar-refractivity contribution in [2.75, 3.05) is 0 Å². The molecule has 0 saturated heterocycles. The van der Waals surface area contributed by atoms with Gasteiger partial charge in [-0.3, -0.25) is 9.59 Å². The number of ether oxygens (including phenoxy) is 2. The molecule has 7 nitrogen and oxygen atoms in total. The molecule has 0 heterocycles. The average Bonchev–Trinajstić information content (AvgIpc) is 2.82. The largest absolute Gasteiger partial charge is 0.508 e. The number of ketones is 1. The van der Waals surface area contributed by atoms with Gasteiger partial charge < -0.3 is 19.7 Å². The van der Waals surface area contributed by atoms with Gasteiger partial charge in [0.15, 0.2) is 5.78 Å². The summed E-state index contributed by atoms with van der Waals surface area (Å²) >= 11 is 0. The number of aliphatic hydroxyl groups is 1. The molecule has 0 bridgehead atoms. The highest BCUT2D eigenvalue weighted by Gasteiger charge is 2.66. The first-order valence-corrected chi connectivity index (χ1v) is 10.5. The summed E-state index contributed by atoms with van der Waals surface area (Å²) in [5.41, 5.74) is -1.57. The Labute approximate surface area is 182 Å². The Morgan fingerprint density at radius 1 is 1.16 bits per heavy atom. The Bertz CT molecular complexity index is 916. The van der Waals surface area contributed by atoms with Crippen LogP contribution in [-0.2, 0) is 19.1 Å². The van der Waals surface area contributed by atoms with E-state index in [1.165, 1.54) is 31.2 Å². The van der Waals surface area contributed by atoms with Crippen LogP contribution in [0.25, 0.3) is 0 Å². The summed E-state index contributed by atoms with van der Waals surface area (Å²) in [6.07, 6.45) is 0.227. The molecule has 3 rings (SSSR count). The number of benzene rings is 1. The molecular formula is C24H30O7. The lowest BCUT2D eigenvalue weighted by Gasteiger charge is -2.42. The summed E-state index contributed by atoms with van der Waals surface area (Å²) in [6.45, 7) is 8.49. The predicted molar refractivity (Wildman–Crippen MR) is 112 cm³/mol. The Kier molecular flexibility index (Phi) is 6.02. The number of carbonyl (C=O) groups excluding carboxylic acids is 3. The number of esters is 2. The van der Waals surface area contributed by atoms with Crippen LogP contribution >= 0.6 is 0 Å². The molecule has 0 radical (unpaired) electrons. The lowest BCUT2D eigenvalue weighted by atomic mass is 9.67. The van der Waals surface area contributed by atoms with Crippen LogP contribution < -0.4 is 0 Å². The van der Waals surface area contributed by atoms with Gasteiger partial charge in [-0.05, 0) is 48.8 Å². The van der Waals surface area contributed by atoms with E-state index >= 15 is 0 Å². The van der Waals surface area contributed by atoms with Crippen LogP contribution in [0.1, 0.15) is 57.8 Å². The maximum Gasteiger partial charge on any atom is 0.338 e. The molecule has 0 spiro atoms. The molecule has 1 aromatic carbocycles. The van der Waals surface area contributed by atoms with Crippen LogP contribution in [0.3, 0.4) is 0 Å². The normalized spacial score (nSPS) is 32.8. The van der Waals surface area contributed by atoms with Crippen molar-refractivity contribution in [1.29, 1.82) is 0 Å². The molecule has 7 heteroatoms. The molecule has 0 unspecified atom stereocenters. The van der Waals surface area contributed by atoms with Gasteiger partial charge in [0.2, 0.25) is 0 Å². The van der Waals surface area contributed by atoms with Crippen LogP contribution in [0.15, 0.2) is 35.9 Å². The van der Waals surface area contributed by atoms with E-state index in [1.54, 1.807) is 13.0 Å². The number of carbonyl (C=O) groups is 3. The number of rotatable bonds is 4. The van der Waals surface area contributed by atoms with Gasteiger partial charge in [-0.2, -0.15) is 0 Å². The highest BCUT2D eigenvalue weighted by atomic mass is 16.6. The van der Waals surface area contributed by atoms with Gasteiger partial charge in [0.25, 0.3) is 0 Å². The maximum absolute atomic E-state index is 12.9. The second-order valence-corrected chi connectivity index (χ2v) is 9.30. The monoisotopic (exact) mass is 430 g/mol. The number of hydrogen-bond donors (Lipinski definition) is 2. The van der Waals surface area contributed by atoms with Crippen molar-refractivity contribution >= 4 is 17.7 Å². The summed E-state index contributed by atoms with van der Waals surface area (Å²) in [7, 11) is 0. The Morgan fingerprint density at radius 3 is 2.32 bits per heavy atom. The first-order chi connectivity index (χ1) is 14.4. The minimum absolute atomic E-state index is 0.0223. The van der Waals surface area contributed by atoms with E-state index in [0.717, 1.165) is 0 Å². The van der Waals surface area contributed by atoms with Gasteiger partial charge in [0, 0.05) is 31.1 Å². The van der Waals surface area contributed by atoms with Gasteiger partial charge in [-0.15, -0.1) is 0 Å². The van der Waals surface area contributed by atoms with Crippen molar-refractivity contribution in [2.45, 2.75) is 65.3 Å². The standard InChI is InChI=1S/C24H30O7/c1-13(2)24(29)12-20(30-15(4)25)23(5)11-18(27)14(3)10-19(21(23)24)31-22(28)16-6-8-17(26)9-7-16/h6-10,13,19-21,26,29H,11-12H2,1-5H3/t19-,20-,21-,23-,24+/m1/s1. The zero-order chi connectivity index (χ0) is 23.1. The molecule has 31 heavy (non-hydrogen) atoms. The topological polar surface area (TPSA) is 110 Å². The van der Waals surface area contributed by atoms with E-state index in [9.17, 15) is 24.6 Å². The van der Waals surface area contributed by atoms with E-state index in [-0.39, 0.29) is 35.9 Å². The van der Waals surface area contributed by atoms with E-state index < -0.39 is 41.1 Å². The van der Waals surface area contributed by atoms with Crippen molar-refractivity contribution in [2.24, 2.45) is 17.3 Å². The summed E-state index contributed by atoms with van der Waals surface area (Å²) in [5.74, 6) is -2.14. The molecule has 2 aliphatic rings. The maximum atomic E-state index is 12.9. The minimum Gasteiger partial charge on any atom is -0.508 e. The quantitative estimate of drug-likeness (QED) is 0.706. The number of fused-ring (bicyclic) bond motifs is 1. The first-order valence-electron chi connectivity index (χ1n) is 10.5. The third-order valence-electron chi connectivity index (χ3n) is 6.88. The minimum atomic E-state index is -1.32. The van der Waals surface area contributed by atoms with Gasteiger partial charge in [0.05, 0.1) is 11.2 Å². The van der Waals surface area contributed by atoms with Crippen LogP contribution in [0, 0.1) is 17.3 Å². The molecule has 0 amide bonds. The van der Waals surface area contributed by atoms with Crippen molar-refractivity contribution in [3.05, 3.63) is 41.5 Å². The molecular weight excluding hydrogens is 400 g/mol. The smallest absolute Gasteiger partial charge is 0.338 e. The molecule has 0 aliphatic heterocycles. The van der Waals surface area contributed by atoms with Gasteiger partial charge in [0.1, 0.15) is 18.0 Å². The molecule has 1 fully saturated rings. The molecule has 5 atom stereocenters. The summed E-state index contributed by atoms with van der Waals surface area (Å²) in [5, 5.41) is 21.2. The highest BCUT2D eigenvalue weighted by Crippen LogP contribution is 2.58. The van der Waals surface area contributed by atoms with Gasteiger partial charge in [-0.25, -0.2) is 4.79 Å². The van der Waals surface area contributed by atoms with Crippen molar-refractivity contribution in [3.8, 4) is 5.75 Å². The number of Topliss-reactive ketones (excluding diaryl/α,β-unsaturated/α-hetero) is 1. The summed E-state index contributed by atoms with van der Waals surface area (Å²) in [6, 6.07) is 5.66. The molecule has 2 N–H and O–H groups in total.